The first kappa shape index (κ1) is 25.7. The van der Waals surface area contributed by atoms with Gasteiger partial charge in [-0.25, -0.2) is 0 Å². The van der Waals surface area contributed by atoms with Crippen molar-refractivity contribution >= 4 is 34.7 Å². The van der Waals surface area contributed by atoms with Gasteiger partial charge in [0.25, 0.3) is 5.24 Å². The molecular weight excluding hydrogens is 482 g/mol. The minimum atomic E-state index is -0.451. The molecule has 2 aromatic rings. The SMILES string of the molecule is COc1cccc(CO[C@@H]2CN(CCc3ccccc3)C(=O)CN(C(=O)CN3C(=O)CSC3=O)C2)c1. The number of carbonyl (C=O) groups is 4. The van der Waals surface area contributed by atoms with Crippen LogP contribution >= 0.6 is 11.8 Å². The molecule has 36 heavy (non-hydrogen) atoms. The van der Waals surface area contributed by atoms with Gasteiger partial charge in [0.05, 0.1) is 32.1 Å². The number of hydrogen-bond acceptors (Lipinski definition) is 7. The van der Waals surface area contributed by atoms with E-state index in [9.17, 15) is 19.2 Å². The van der Waals surface area contributed by atoms with Crippen molar-refractivity contribution in [2.45, 2.75) is 19.1 Å². The van der Waals surface area contributed by atoms with Gasteiger partial charge in [-0.15, -0.1) is 0 Å². The van der Waals surface area contributed by atoms with Gasteiger partial charge in [0, 0.05) is 19.6 Å². The molecule has 0 bridgehead atoms. The number of rotatable bonds is 9. The van der Waals surface area contributed by atoms with Crippen molar-refractivity contribution in [2.75, 3.05) is 45.6 Å². The van der Waals surface area contributed by atoms with Gasteiger partial charge in [-0.05, 0) is 29.7 Å². The molecule has 1 atom stereocenters. The number of amides is 4. The molecule has 10 heteroatoms. The second-order valence-corrected chi connectivity index (χ2v) is 9.60. The average molecular weight is 512 g/mol. The molecule has 0 radical (unpaired) electrons. The molecule has 0 spiro atoms. The van der Waals surface area contributed by atoms with Crippen molar-refractivity contribution in [1.29, 1.82) is 0 Å². The molecule has 0 N–H and O–H groups in total. The van der Waals surface area contributed by atoms with Crippen LogP contribution in [0.5, 0.6) is 5.75 Å². The summed E-state index contributed by atoms with van der Waals surface area (Å²) in [5.74, 6) is -0.293. The third kappa shape index (κ3) is 6.64. The Hall–Kier alpha value is -3.37. The predicted molar refractivity (Wildman–Crippen MR) is 134 cm³/mol. The van der Waals surface area contributed by atoms with Crippen LogP contribution in [0, 0.1) is 0 Å². The first-order valence-corrected chi connectivity index (χ1v) is 12.7. The van der Waals surface area contributed by atoms with E-state index < -0.39 is 23.2 Å². The van der Waals surface area contributed by atoms with Crippen LogP contribution < -0.4 is 4.74 Å². The quantitative estimate of drug-likeness (QED) is 0.509. The Balaban J connectivity index is 1.46. The Morgan fingerprint density at radius 1 is 1.00 bits per heavy atom. The standard InChI is InChI=1S/C26H29N3O6S/c1-34-21-9-5-8-20(12-21)17-35-22-13-27(11-10-19-6-3-2-4-7-19)23(30)15-28(14-22)24(31)16-29-25(32)18-36-26(29)33/h2-9,12,22H,10-11,13-18H2,1H3/t22-/m1/s1. The largest absolute Gasteiger partial charge is 0.497 e. The Morgan fingerprint density at radius 3 is 2.50 bits per heavy atom. The van der Waals surface area contributed by atoms with E-state index in [1.807, 2.05) is 54.6 Å². The van der Waals surface area contributed by atoms with E-state index in [4.69, 9.17) is 9.47 Å². The summed E-state index contributed by atoms with van der Waals surface area (Å²) in [6.45, 7) is 0.783. The lowest BCUT2D eigenvalue weighted by Gasteiger charge is -2.25. The molecule has 2 aliphatic heterocycles. The van der Waals surface area contributed by atoms with Crippen LogP contribution in [-0.2, 0) is 32.1 Å². The molecule has 2 aliphatic rings. The van der Waals surface area contributed by atoms with Crippen molar-refractivity contribution in [3.63, 3.8) is 0 Å². The number of nitrogens with zero attached hydrogens (tertiary/aromatic N) is 3. The Labute approximate surface area is 214 Å². The van der Waals surface area contributed by atoms with Gasteiger partial charge >= 0.3 is 0 Å². The first-order chi connectivity index (χ1) is 17.4. The zero-order valence-corrected chi connectivity index (χ0v) is 20.9. The van der Waals surface area contributed by atoms with E-state index >= 15 is 0 Å². The smallest absolute Gasteiger partial charge is 0.289 e. The van der Waals surface area contributed by atoms with Crippen molar-refractivity contribution in [3.8, 4) is 5.75 Å². The van der Waals surface area contributed by atoms with Gasteiger partial charge < -0.3 is 19.3 Å². The number of hydrogen-bond donors (Lipinski definition) is 0. The summed E-state index contributed by atoms with van der Waals surface area (Å²) < 4.78 is 11.5. The molecule has 4 rings (SSSR count). The number of thioether (sulfide) groups is 1. The second-order valence-electron chi connectivity index (χ2n) is 8.67. The lowest BCUT2D eigenvalue weighted by atomic mass is 10.1. The van der Waals surface area contributed by atoms with Crippen molar-refractivity contribution in [3.05, 3.63) is 65.7 Å². The Bertz CT molecular complexity index is 1100. The van der Waals surface area contributed by atoms with E-state index in [1.54, 1.807) is 12.0 Å². The maximum absolute atomic E-state index is 13.1. The fourth-order valence-corrected chi connectivity index (χ4v) is 4.87. The third-order valence-corrected chi connectivity index (χ3v) is 7.01. The monoisotopic (exact) mass is 511 g/mol. The molecule has 0 aliphatic carbocycles. The van der Waals surface area contributed by atoms with Crippen LogP contribution in [0.2, 0.25) is 0 Å². The van der Waals surface area contributed by atoms with Gasteiger partial charge in [-0.1, -0.05) is 54.2 Å². The minimum Gasteiger partial charge on any atom is -0.497 e. The Morgan fingerprint density at radius 2 is 1.78 bits per heavy atom. The summed E-state index contributed by atoms with van der Waals surface area (Å²) >= 11 is 0.878. The number of carbonyl (C=O) groups excluding carboxylic acids is 4. The molecule has 2 aromatic carbocycles. The maximum Gasteiger partial charge on any atom is 0.289 e. The van der Waals surface area contributed by atoms with Gasteiger partial charge in [-0.3, -0.25) is 24.1 Å². The molecule has 2 fully saturated rings. The van der Waals surface area contributed by atoms with Crippen LogP contribution in [-0.4, -0.2) is 89.4 Å². The fraction of sp³-hybridized carbons (Fsp3) is 0.385. The van der Waals surface area contributed by atoms with E-state index in [0.29, 0.717) is 25.3 Å². The zero-order chi connectivity index (χ0) is 25.5. The van der Waals surface area contributed by atoms with E-state index in [-0.39, 0.29) is 37.9 Å². The fourth-order valence-electron chi connectivity index (χ4n) is 4.14. The highest BCUT2D eigenvalue weighted by Gasteiger charge is 2.35. The zero-order valence-electron chi connectivity index (χ0n) is 20.1. The molecule has 0 unspecified atom stereocenters. The van der Waals surface area contributed by atoms with E-state index in [0.717, 1.165) is 27.8 Å². The highest BCUT2D eigenvalue weighted by molar-refractivity contribution is 8.14. The highest BCUT2D eigenvalue weighted by atomic mass is 32.2. The van der Waals surface area contributed by atoms with E-state index in [2.05, 4.69) is 0 Å². The number of imide groups is 1. The lowest BCUT2D eigenvalue weighted by Crippen LogP contribution is -2.46. The van der Waals surface area contributed by atoms with Gasteiger partial charge in [0.1, 0.15) is 12.3 Å². The maximum atomic E-state index is 13.1. The summed E-state index contributed by atoms with van der Waals surface area (Å²) in [5, 5.41) is -0.440. The molecule has 2 heterocycles. The van der Waals surface area contributed by atoms with Crippen LogP contribution in [0.1, 0.15) is 11.1 Å². The van der Waals surface area contributed by atoms with E-state index in [1.165, 1.54) is 4.90 Å². The number of benzene rings is 2. The average Bonchev–Trinajstić information content (AvgIpc) is 3.11. The lowest BCUT2D eigenvalue weighted by molar-refractivity contribution is -0.140. The third-order valence-electron chi connectivity index (χ3n) is 6.15. The van der Waals surface area contributed by atoms with Crippen LogP contribution in [0.15, 0.2) is 54.6 Å². The highest BCUT2D eigenvalue weighted by Crippen LogP contribution is 2.20. The molecule has 4 amide bonds. The Kier molecular flexibility index (Phi) is 8.61. The van der Waals surface area contributed by atoms with Crippen LogP contribution in [0.25, 0.3) is 0 Å². The van der Waals surface area contributed by atoms with Crippen LogP contribution in [0.3, 0.4) is 0 Å². The number of methoxy groups -OCH3 is 1. The molecule has 0 saturated carbocycles. The predicted octanol–water partition coefficient (Wildman–Crippen LogP) is 2.19. The van der Waals surface area contributed by atoms with Gasteiger partial charge in [0.2, 0.25) is 17.7 Å². The summed E-state index contributed by atoms with van der Waals surface area (Å²) in [7, 11) is 1.60. The normalized spacial score (nSPS) is 18.5. The molecule has 2 saturated heterocycles. The topological polar surface area (TPSA) is 96.5 Å². The number of ether oxygens (including phenoxy) is 2. The van der Waals surface area contributed by atoms with Gasteiger partial charge in [0.15, 0.2) is 0 Å². The molecular formula is C26H29N3O6S. The summed E-state index contributed by atoms with van der Waals surface area (Å²) in [6, 6.07) is 17.4. The molecule has 9 nitrogen and oxygen atoms in total. The second kappa shape index (κ2) is 12.0. The molecule has 0 aromatic heterocycles. The minimum absolute atomic E-state index is 0.0323. The summed E-state index contributed by atoms with van der Waals surface area (Å²) in [5.41, 5.74) is 2.02. The summed E-state index contributed by atoms with van der Waals surface area (Å²) in [6.07, 6.45) is 0.235. The summed E-state index contributed by atoms with van der Waals surface area (Å²) in [4.78, 5) is 54.2. The first-order valence-electron chi connectivity index (χ1n) is 11.7. The van der Waals surface area contributed by atoms with Crippen molar-refractivity contribution in [2.24, 2.45) is 0 Å². The van der Waals surface area contributed by atoms with Gasteiger partial charge in [-0.2, -0.15) is 0 Å². The van der Waals surface area contributed by atoms with Crippen LogP contribution in [0.4, 0.5) is 4.79 Å². The van der Waals surface area contributed by atoms with Crippen molar-refractivity contribution < 1.29 is 28.7 Å². The molecule has 190 valence electrons. The van der Waals surface area contributed by atoms with Crippen molar-refractivity contribution in [1.82, 2.24) is 14.7 Å².